The summed E-state index contributed by atoms with van der Waals surface area (Å²) in [6, 6.07) is 11.4. The van der Waals surface area contributed by atoms with Crippen molar-refractivity contribution in [1.29, 1.82) is 0 Å². The minimum Gasteiger partial charge on any atom is -0.424 e. The number of benzene rings is 2. The van der Waals surface area contributed by atoms with Crippen molar-refractivity contribution in [1.82, 2.24) is 10.3 Å². The Hall–Kier alpha value is -3.41. The lowest BCUT2D eigenvalue weighted by molar-refractivity contribution is -0.274. The van der Waals surface area contributed by atoms with E-state index in [4.69, 9.17) is 4.42 Å². The summed E-state index contributed by atoms with van der Waals surface area (Å²) in [7, 11) is 0. The van der Waals surface area contributed by atoms with Gasteiger partial charge in [-0.15, -0.1) is 13.2 Å². The zero-order valence-corrected chi connectivity index (χ0v) is 21.6. The third kappa shape index (κ3) is 7.21. The topological polar surface area (TPSA) is 62.6 Å². The van der Waals surface area contributed by atoms with Crippen LogP contribution in [-0.2, 0) is 6.18 Å². The molecule has 6 nitrogen and oxygen atoms in total. The number of ether oxygens (including phenoxy) is 1. The van der Waals surface area contributed by atoms with Crippen molar-refractivity contribution < 1.29 is 35.5 Å². The van der Waals surface area contributed by atoms with Gasteiger partial charge in [-0.3, -0.25) is 0 Å². The van der Waals surface area contributed by atoms with E-state index < -0.39 is 18.1 Å². The van der Waals surface area contributed by atoms with Gasteiger partial charge in [-0.25, -0.2) is 4.98 Å². The third-order valence-corrected chi connectivity index (χ3v) is 7.38. The Labute approximate surface area is 227 Å². The number of halogens is 6. The molecule has 5 rings (SSSR count). The van der Waals surface area contributed by atoms with Gasteiger partial charge in [-0.1, -0.05) is 12.8 Å². The highest BCUT2D eigenvalue weighted by Gasteiger charge is 2.33. The summed E-state index contributed by atoms with van der Waals surface area (Å²) < 4.78 is 85.9. The average Bonchev–Trinajstić information content (AvgIpc) is 3.38. The van der Waals surface area contributed by atoms with Gasteiger partial charge in [0.25, 0.3) is 6.01 Å². The maximum Gasteiger partial charge on any atom is 0.573 e. The lowest BCUT2D eigenvalue weighted by atomic mass is 9.89. The molecular weight excluding hydrogens is 538 g/mol. The quantitative estimate of drug-likeness (QED) is 0.293. The van der Waals surface area contributed by atoms with Crippen LogP contribution in [0.5, 0.6) is 5.75 Å². The Morgan fingerprint density at radius 2 is 1.55 bits per heavy atom. The number of oxazole rings is 1. The van der Waals surface area contributed by atoms with Crippen LogP contribution in [0.4, 0.5) is 38.0 Å². The van der Waals surface area contributed by atoms with Gasteiger partial charge in [0.15, 0.2) is 5.76 Å². The first-order valence-electron chi connectivity index (χ1n) is 13.3. The van der Waals surface area contributed by atoms with E-state index in [2.05, 4.69) is 25.3 Å². The number of nitrogens with one attached hydrogen (secondary N) is 2. The summed E-state index contributed by atoms with van der Waals surface area (Å²) in [5.41, 5.74) is 0.698. The van der Waals surface area contributed by atoms with Crippen molar-refractivity contribution in [2.75, 3.05) is 23.3 Å². The molecule has 1 aliphatic carbocycles. The van der Waals surface area contributed by atoms with Crippen molar-refractivity contribution >= 4 is 11.7 Å². The fraction of sp³-hybridized carbons (Fsp3) is 0.464. The fourth-order valence-electron chi connectivity index (χ4n) is 5.47. The minimum absolute atomic E-state index is 0.0595. The Morgan fingerprint density at radius 3 is 2.23 bits per heavy atom. The van der Waals surface area contributed by atoms with E-state index in [1.54, 1.807) is 0 Å². The van der Waals surface area contributed by atoms with Gasteiger partial charge >= 0.3 is 12.5 Å². The van der Waals surface area contributed by atoms with Crippen molar-refractivity contribution in [3.63, 3.8) is 0 Å². The van der Waals surface area contributed by atoms with E-state index >= 15 is 0 Å². The number of rotatable bonds is 7. The van der Waals surface area contributed by atoms with Crippen LogP contribution in [0.25, 0.3) is 11.3 Å². The normalized spacial score (nSPS) is 22.2. The van der Waals surface area contributed by atoms with Crippen molar-refractivity contribution in [3.8, 4) is 17.1 Å². The van der Waals surface area contributed by atoms with E-state index in [9.17, 15) is 26.3 Å². The van der Waals surface area contributed by atoms with Gasteiger partial charge in [-0.2, -0.15) is 13.2 Å². The lowest BCUT2D eigenvalue weighted by Crippen LogP contribution is -2.54. The molecule has 40 heavy (non-hydrogen) atoms. The first-order valence-corrected chi connectivity index (χ1v) is 13.3. The van der Waals surface area contributed by atoms with Crippen LogP contribution in [0, 0.1) is 0 Å². The van der Waals surface area contributed by atoms with Crippen LogP contribution in [0.2, 0.25) is 0 Å². The van der Waals surface area contributed by atoms with Crippen LogP contribution >= 0.6 is 0 Å². The van der Waals surface area contributed by atoms with Gasteiger partial charge in [0.1, 0.15) is 5.75 Å². The second kappa shape index (κ2) is 11.6. The Balaban J connectivity index is 1.19. The van der Waals surface area contributed by atoms with E-state index in [0.717, 1.165) is 62.9 Å². The first-order chi connectivity index (χ1) is 19.0. The molecule has 3 aromatic rings. The number of aromatic nitrogens is 1. The molecule has 0 bridgehead atoms. The van der Waals surface area contributed by atoms with Gasteiger partial charge in [0.2, 0.25) is 0 Å². The molecule has 216 valence electrons. The molecule has 1 aromatic heterocycles. The van der Waals surface area contributed by atoms with Crippen molar-refractivity contribution in [3.05, 3.63) is 60.3 Å². The number of hydrogen-bond donors (Lipinski definition) is 2. The zero-order chi connectivity index (χ0) is 28.3. The van der Waals surface area contributed by atoms with E-state index in [1.165, 1.54) is 42.6 Å². The predicted molar refractivity (Wildman–Crippen MR) is 138 cm³/mol. The van der Waals surface area contributed by atoms with Crippen LogP contribution in [0.3, 0.4) is 0 Å². The maximum absolute atomic E-state index is 12.9. The summed E-state index contributed by atoms with van der Waals surface area (Å²) in [6.07, 6.45) is -1.69. The molecule has 0 amide bonds. The standard InChI is InChI=1S/C28H30F6N4O2/c29-27(30,31)19-9-11-21(12-10-19)38-15-3-4-20(17-38)36-23-5-1-2-6-24(23)37-26-35-16-25(39-26)18-7-13-22(14-8-18)40-28(32,33)34/h7-14,16,20,23-24,36H,1-6,15,17H2,(H,35,37)/t20-,23+,24+/m0/s1. The van der Waals surface area contributed by atoms with Crippen LogP contribution in [-0.4, -0.2) is 42.6 Å². The Morgan fingerprint density at radius 1 is 0.850 bits per heavy atom. The number of hydrogen-bond acceptors (Lipinski definition) is 6. The number of piperidine rings is 1. The highest BCUT2D eigenvalue weighted by molar-refractivity contribution is 5.58. The van der Waals surface area contributed by atoms with E-state index in [0.29, 0.717) is 23.9 Å². The lowest BCUT2D eigenvalue weighted by Gasteiger charge is -2.40. The molecule has 3 atom stereocenters. The molecular formula is C28H30F6N4O2. The van der Waals surface area contributed by atoms with Crippen molar-refractivity contribution in [2.45, 2.75) is 69.2 Å². The largest absolute Gasteiger partial charge is 0.573 e. The van der Waals surface area contributed by atoms with E-state index in [1.807, 2.05) is 0 Å². The second-order valence-electron chi connectivity index (χ2n) is 10.2. The van der Waals surface area contributed by atoms with Crippen LogP contribution < -0.4 is 20.3 Å². The molecule has 2 fully saturated rings. The average molecular weight is 569 g/mol. The molecule has 12 heteroatoms. The molecule has 1 saturated carbocycles. The molecule has 0 spiro atoms. The molecule has 2 aromatic carbocycles. The molecule has 2 heterocycles. The summed E-state index contributed by atoms with van der Waals surface area (Å²) >= 11 is 0. The second-order valence-corrected chi connectivity index (χ2v) is 10.2. The van der Waals surface area contributed by atoms with E-state index in [-0.39, 0.29) is 23.9 Å². The Bertz CT molecular complexity index is 1240. The molecule has 1 aliphatic heterocycles. The number of nitrogens with zero attached hydrogens (tertiary/aromatic N) is 2. The summed E-state index contributed by atoms with van der Waals surface area (Å²) in [5.74, 6) is 0.102. The fourth-order valence-corrected chi connectivity index (χ4v) is 5.47. The minimum atomic E-state index is -4.76. The molecule has 0 unspecified atom stereocenters. The molecule has 0 radical (unpaired) electrons. The summed E-state index contributed by atoms with van der Waals surface area (Å²) in [6.45, 7) is 1.49. The zero-order valence-electron chi connectivity index (χ0n) is 21.6. The predicted octanol–water partition coefficient (Wildman–Crippen LogP) is 7.24. The molecule has 1 saturated heterocycles. The Kier molecular flexibility index (Phi) is 8.16. The maximum atomic E-state index is 12.9. The first kappa shape index (κ1) is 28.1. The molecule has 2 N–H and O–H groups in total. The van der Waals surface area contributed by atoms with Gasteiger partial charge < -0.3 is 24.7 Å². The smallest absolute Gasteiger partial charge is 0.424 e. The molecule has 2 aliphatic rings. The van der Waals surface area contributed by atoms with Crippen molar-refractivity contribution in [2.24, 2.45) is 0 Å². The highest BCUT2D eigenvalue weighted by atomic mass is 19.4. The summed E-state index contributed by atoms with van der Waals surface area (Å²) in [4.78, 5) is 6.44. The third-order valence-electron chi connectivity index (χ3n) is 7.38. The number of anilines is 2. The van der Waals surface area contributed by atoms with Gasteiger partial charge in [-0.05, 0) is 74.2 Å². The SMILES string of the molecule is FC(F)(F)Oc1ccc(-c2cnc(N[C@@H]3CCCC[C@H]3N[C@H]3CCCN(c4ccc(C(F)(F)F)cc4)C3)o2)cc1. The number of alkyl halides is 6. The van der Waals surface area contributed by atoms with Gasteiger partial charge in [0.05, 0.1) is 11.8 Å². The summed E-state index contributed by atoms with van der Waals surface area (Å²) in [5, 5.41) is 7.15. The van der Waals surface area contributed by atoms with Crippen LogP contribution in [0.1, 0.15) is 44.1 Å². The highest BCUT2D eigenvalue weighted by Crippen LogP contribution is 2.32. The monoisotopic (exact) mass is 568 g/mol. The van der Waals surface area contributed by atoms with Gasteiger partial charge in [0, 0.05) is 42.5 Å². The van der Waals surface area contributed by atoms with Crippen LogP contribution in [0.15, 0.2) is 59.1 Å².